The van der Waals surface area contributed by atoms with Crippen LogP contribution in [0.25, 0.3) is 0 Å². The molecule has 1 heterocycles. The van der Waals surface area contributed by atoms with Crippen LogP contribution in [0.4, 0.5) is 0 Å². The van der Waals surface area contributed by atoms with Crippen molar-refractivity contribution in [1.29, 1.82) is 0 Å². The molecule has 86 valence electrons. The van der Waals surface area contributed by atoms with E-state index in [9.17, 15) is 8.42 Å². The number of hydrogen-bond donors (Lipinski definition) is 3. The van der Waals surface area contributed by atoms with Crippen LogP contribution in [0.5, 0.6) is 0 Å². The molecule has 4 N–H and O–H groups in total. The SMILES string of the molecule is CC(CO)NS(=O)(=O)c1ccc(CN)o1. The average Bonchev–Trinajstić information content (AvgIpc) is 2.65. The van der Waals surface area contributed by atoms with Crippen molar-refractivity contribution < 1.29 is 17.9 Å². The predicted octanol–water partition coefficient (Wildman–Crippen LogP) is -0.603. The first kappa shape index (κ1) is 12.2. The third kappa shape index (κ3) is 3.03. The van der Waals surface area contributed by atoms with Crippen molar-refractivity contribution in [2.24, 2.45) is 5.73 Å². The van der Waals surface area contributed by atoms with Crippen molar-refractivity contribution in [2.45, 2.75) is 24.6 Å². The molecule has 1 atom stereocenters. The van der Waals surface area contributed by atoms with Crippen LogP contribution in [0.15, 0.2) is 21.6 Å². The van der Waals surface area contributed by atoms with Gasteiger partial charge in [0.15, 0.2) is 0 Å². The van der Waals surface area contributed by atoms with E-state index in [1.54, 1.807) is 6.92 Å². The van der Waals surface area contributed by atoms with E-state index < -0.39 is 16.1 Å². The Kier molecular flexibility index (Phi) is 3.86. The molecule has 0 bridgehead atoms. The zero-order chi connectivity index (χ0) is 11.5. The third-order valence-corrected chi connectivity index (χ3v) is 3.20. The van der Waals surface area contributed by atoms with Gasteiger partial charge in [-0.1, -0.05) is 0 Å². The van der Waals surface area contributed by atoms with Gasteiger partial charge in [-0.3, -0.25) is 0 Å². The normalized spacial score (nSPS) is 14.1. The molecule has 0 aliphatic heterocycles. The van der Waals surface area contributed by atoms with Crippen molar-refractivity contribution in [1.82, 2.24) is 4.72 Å². The van der Waals surface area contributed by atoms with Gasteiger partial charge in [0.1, 0.15) is 5.76 Å². The molecule has 0 aromatic carbocycles. The van der Waals surface area contributed by atoms with Crippen molar-refractivity contribution in [3.8, 4) is 0 Å². The minimum atomic E-state index is -3.69. The topological polar surface area (TPSA) is 106 Å². The lowest BCUT2D eigenvalue weighted by molar-refractivity contribution is 0.264. The standard InChI is InChI=1S/C8H14N2O4S/c1-6(5-11)10-15(12,13)8-3-2-7(4-9)14-8/h2-3,6,10-11H,4-5,9H2,1H3. The van der Waals surface area contributed by atoms with Gasteiger partial charge in [0.05, 0.1) is 13.2 Å². The summed E-state index contributed by atoms with van der Waals surface area (Å²) in [5.41, 5.74) is 5.28. The molecule has 7 heteroatoms. The molecule has 1 aromatic heterocycles. The zero-order valence-corrected chi connectivity index (χ0v) is 9.12. The monoisotopic (exact) mass is 234 g/mol. The van der Waals surface area contributed by atoms with E-state index >= 15 is 0 Å². The van der Waals surface area contributed by atoms with Crippen molar-refractivity contribution in [3.05, 3.63) is 17.9 Å². The van der Waals surface area contributed by atoms with Gasteiger partial charge >= 0.3 is 0 Å². The molecule has 0 saturated carbocycles. The van der Waals surface area contributed by atoms with Crippen LogP contribution in [0.1, 0.15) is 12.7 Å². The van der Waals surface area contributed by atoms with Gasteiger partial charge in [0.25, 0.3) is 10.0 Å². The number of sulfonamides is 1. The van der Waals surface area contributed by atoms with Gasteiger partial charge in [-0.25, -0.2) is 13.1 Å². The zero-order valence-electron chi connectivity index (χ0n) is 8.30. The molecule has 0 fully saturated rings. The van der Waals surface area contributed by atoms with Crippen molar-refractivity contribution >= 4 is 10.0 Å². The Morgan fingerprint density at radius 1 is 1.60 bits per heavy atom. The first-order valence-electron chi connectivity index (χ1n) is 4.41. The molecule has 0 radical (unpaired) electrons. The highest BCUT2D eigenvalue weighted by molar-refractivity contribution is 7.89. The van der Waals surface area contributed by atoms with E-state index in [0.717, 1.165) is 0 Å². The second kappa shape index (κ2) is 4.75. The van der Waals surface area contributed by atoms with Crippen LogP contribution >= 0.6 is 0 Å². The van der Waals surface area contributed by atoms with Crippen LogP contribution in [0, 0.1) is 0 Å². The highest BCUT2D eigenvalue weighted by Gasteiger charge is 2.20. The molecule has 0 aliphatic rings. The summed E-state index contributed by atoms with van der Waals surface area (Å²) >= 11 is 0. The molecule has 1 aromatic rings. The molecule has 0 spiro atoms. The summed E-state index contributed by atoms with van der Waals surface area (Å²) in [5, 5.41) is 8.53. The first-order valence-corrected chi connectivity index (χ1v) is 5.90. The van der Waals surface area contributed by atoms with Crippen molar-refractivity contribution in [2.75, 3.05) is 6.61 Å². The van der Waals surface area contributed by atoms with Crippen LogP contribution < -0.4 is 10.5 Å². The summed E-state index contributed by atoms with van der Waals surface area (Å²) in [5.74, 6) is 0.395. The third-order valence-electron chi connectivity index (χ3n) is 1.73. The molecule has 1 rings (SSSR count). The van der Waals surface area contributed by atoms with E-state index in [1.807, 2.05) is 0 Å². The lowest BCUT2D eigenvalue weighted by Crippen LogP contribution is -2.34. The highest BCUT2D eigenvalue weighted by atomic mass is 32.2. The van der Waals surface area contributed by atoms with Crippen LogP contribution in [-0.4, -0.2) is 26.2 Å². The quantitative estimate of drug-likeness (QED) is 0.630. The Balaban J connectivity index is 2.86. The van der Waals surface area contributed by atoms with E-state index in [0.29, 0.717) is 5.76 Å². The number of furan rings is 1. The molecule has 0 aliphatic carbocycles. The lowest BCUT2D eigenvalue weighted by atomic mass is 10.4. The average molecular weight is 234 g/mol. The summed E-state index contributed by atoms with van der Waals surface area (Å²) in [6.45, 7) is 1.42. The molecule has 1 unspecified atom stereocenters. The van der Waals surface area contributed by atoms with E-state index in [2.05, 4.69) is 4.72 Å². The fraction of sp³-hybridized carbons (Fsp3) is 0.500. The smallest absolute Gasteiger partial charge is 0.274 e. The van der Waals surface area contributed by atoms with Gasteiger partial charge in [0.2, 0.25) is 5.09 Å². The second-order valence-corrected chi connectivity index (χ2v) is 4.77. The Morgan fingerprint density at radius 2 is 2.27 bits per heavy atom. The maximum absolute atomic E-state index is 11.6. The summed E-state index contributed by atoms with van der Waals surface area (Å²) in [6, 6.07) is 2.27. The predicted molar refractivity (Wildman–Crippen MR) is 53.5 cm³/mol. The summed E-state index contributed by atoms with van der Waals surface area (Å²) in [7, 11) is -3.69. The van der Waals surface area contributed by atoms with Gasteiger partial charge in [-0.2, -0.15) is 0 Å². The molecular formula is C8H14N2O4S. The maximum atomic E-state index is 11.6. The summed E-state index contributed by atoms with van der Waals surface area (Å²) in [6.07, 6.45) is 0. The maximum Gasteiger partial charge on any atom is 0.274 e. The number of aliphatic hydroxyl groups excluding tert-OH is 1. The van der Waals surface area contributed by atoms with Gasteiger partial charge in [-0.15, -0.1) is 0 Å². The van der Waals surface area contributed by atoms with E-state index in [1.165, 1.54) is 12.1 Å². The molecule has 0 amide bonds. The highest BCUT2D eigenvalue weighted by Crippen LogP contribution is 2.13. The fourth-order valence-electron chi connectivity index (χ4n) is 0.973. The number of hydrogen-bond acceptors (Lipinski definition) is 5. The molecule has 15 heavy (non-hydrogen) atoms. The fourth-order valence-corrected chi connectivity index (χ4v) is 2.16. The van der Waals surface area contributed by atoms with E-state index in [4.69, 9.17) is 15.3 Å². The number of nitrogens with one attached hydrogen (secondary N) is 1. The summed E-state index contributed by atoms with van der Waals surface area (Å²) in [4.78, 5) is 0. The van der Waals surface area contributed by atoms with Gasteiger partial charge in [-0.05, 0) is 19.1 Å². The molecule has 6 nitrogen and oxygen atoms in total. The van der Waals surface area contributed by atoms with Crippen LogP contribution in [-0.2, 0) is 16.6 Å². The van der Waals surface area contributed by atoms with Gasteiger partial charge in [0, 0.05) is 6.04 Å². The second-order valence-electron chi connectivity index (χ2n) is 3.13. The molecular weight excluding hydrogens is 220 g/mol. The summed E-state index contributed by atoms with van der Waals surface area (Å²) < 4.78 is 30.4. The number of rotatable bonds is 5. The van der Waals surface area contributed by atoms with Crippen LogP contribution in [0.2, 0.25) is 0 Å². The lowest BCUT2D eigenvalue weighted by Gasteiger charge is -2.09. The Morgan fingerprint density at radius 3 is 2.73 bits per heavy atom. The van der Waals surface area contributed by atoms with Crippen molar-refractivity contribution in [3.63, 3.8) is 0 Å². The Bertz CT molecular complexity index is 412. The number of aliphatic hydroxyl groups is 1. The van der Waals surface area contributed by atoms with Gasteiger partial charge < -0.3 is 15.3 Å². The Labute approximate surface area is 88.1 Å². The Hall–Kier alpha value is -0.890. The first-order chi connectivity index (χ1) is 6.99. The number of nitrogens with two attached hydrogens (primary N) is 1. The van der Waals surface area contributed by atoms with E-state index in [-0.39, 0.29) is 18.2 Å². The molecule has 0 saturated heterocycles. The van der Waals surface area contributed by atoms with Crippen LogP contribution in [0.3, 0.4) is 0 Å². The largest absolute Gasteiger partial charge is 0.447 e. The minimum absolute atomic E-state index is 0.144. The minimum Gasteiger partial charge on any atom is -0.447 e.